The number of rotatable bonds is 2. The van der Waals surface area contributed by atoms with Crippen molar-refractivity contribution >= 4 is 22.8 Å². The van der Waals surface area contributed by atoms with Gasteiger partial charge in [-0.15, -0.1) is 0 Å². The van der Waals surface area contributed by atoms with Crippen molar-refractivity contribution in [2.75, 3.05) is 37.0 Å². The predicted molar refractivity (Wildman–Crippen MR) is 83.6 cm³/mol. The summed E-state index contributed by atoms with van der Waals surface area (Å²) in [6.45, 7) is 4.27. The number of anilines is 2. The number of hydrogen-bond donors (Lipinski definition) is 1. The third-order valence-electron chi connectivity index (χ3n) is 3.90. The molecule has 1 aliphatic rings. The summed E-state index contributed by atoms with van der Waals surface area (Å²) < 4.78 is 0. The van der Waals surface area contributed by atoms with Crippen LogP contribution in [0.4, 0.5) is 11.8 Å². The van der Waals surface area contributed by atoms with Crippen molar-refractivity contribution in [3.63, 3.8) is 0 Å². The monoisotopic (exact) mass is 273 g/mol. The fourth-order valence-electron chi connectivity index (χ4n) is 2.84. The molecular weight excluding hydrogens is 250 g/mol. The Labute approximate surface area is 120 Å². The normalized spacial score (nSPS) is 16.4. The molecule has 0 unspecified atom stereocenters. The van der Waals surface area contributed by atoms with Gasteiger partial charge in [0, 0.05) is 32.9 Å². The number of aryl methyl sites for hydroxylation is 1. The Morgan fingerprint density at radius 3 is 2.45 bits per heavy atom. The summed E-state index contributed by atoms with van der Waals surface area (Å²) in [6.07, 6.45) is 5.17. The average molecular weight is 273 g/mol. The van der Waals surface area contributed by atoms with Crippen LogP contribution in [-0.4, -0.2) is 42.1 Å². The molecule has 1 N–H and O–H groups in total. The summed E-state index contributed by atoms with van der Waals surface area (Å²) in [6, 6.07) is 2.16. The highest BCUT2D eigenvalue weighted by atomic mass is 15.3. The minimum Gasteiger partial charge on any atom is -0.356 e. The average Bonchev–Trinajstić information content (AvgIpc) is 2.63. The molecule has 20 heavy (non-hydrogen) atoms. The van der Waals surface area contributed by atoms with Crippen LogP contribution in [-0.2, 0) is 0 Å². The topological polar surface area (TPSA) is 48.1 Å². The SMILES string of the molecule is Cc1cc2c(N3CCCCCC3)nc(N(C)C)nc2[nH]1. The Bertz CT molecular complexity index is 594. The Hall–Kier alpha value is -1.78. The zero-order chi connectivity index (χ0) is 14.1. The maximum absolute atomic E-state index is 4.80. The molecule has 1 fully saturated rings. The molecule has 0 radical (unpaired) electrons. The van der Waals surface area contributed by atoms with Gasteiger partial charge in [0.15, 0.2) is 0 Å². The number of nitrogens with one attached hydrogen (secondary N) is 1. The number of aromatic nitrogens is 3. The Kier molecular flexibility index (Phi) is 3.51. The smallest absolute Gasteiger partial charge is 0.228 e. The molecule has 1 aliphatic heterocycles. The minimum atomic E-state index is 0.776. The Balaban J connectivity index is 2.10. The first kappa shape index (κ1) is 13.2. The summed E-state index contributed by atoms with van der Waals surface area (Å²) in [5.41, 5.74) is 2.08. The maximum atomic E-state index is 4.80. The Morgan fingerprint density at radius 2 is 1.80 bits per heavy atom. The second-order valence-electron chi connectivity index (χ2n) is 5.86. The molecule has 3 rings (SSSR count). The van der Waals surface area contributed by atoms with Crippen LogP contribution in [0.5, 0.6) is 0 Å². The largest absolute Gasteiger partial charge is 0.356 e. The minimum absolute atomic E-state index is 0.776. The van der Waals surface area contributed by atoms with Crippen LogP contribution in [0.25, 0.3) is 11.0 Å². The quantitative estimate of drug-likeness (QED) is 0.914. The van der Waals surface area contributed by atoms with E-state index in [1.807, 2.05) is 19.0 Å². The van der Waals surface area contributed by atoms with Crippen LogP contribution in [0.3, 0.4) is 0 Å². The van der Waals surface area contributed by atoms with Crippen molar-refractivity contribution in [3.8, 4) is 0 Å². The van der Waals surface area contributed by atoms with Gasteiger partial charge in [0.05, 0.1) is 5.39 Å². The molecule has 5 nitrogen and oxygen atoms in total. The van der Waals surface area contributed by atoms with Gasteiger partial charge in [-0.2, -0.15) is 9.97 Å². The van der Waals surface area contributed by atoms with Crippen LogP contribution in [0.1, 0.15) is 31.4 Å². The van der Waals surface area contributed by atoms with E-state index < -0.39 is 0 Å². The van der Waals surface area contributed by atoms with Crippen molar-refractivity contribution in [2.24, 2.45) is 0 Å². The summed E-state index contributed by atoms with van der Waals surface area (Å²) >= 11 is 0. The molecule has 2 aromatic heterocycles. The van der Waals surface area contributed by atoms with Gasteiger partial charge < -0.3 is 14.8 Å². The first-order valence-electron chi connectivity index (χ1n) is 7.45. The van der Waals surface area contributed by atoms with Crippen LogP contribution in [0.2, 0.25) is 0 Å². The van der Waals surface area contributed by atoms with Gasteiger partial charge in [-0.05, 0) is 25.8 Å². The second kappa shape index (κ2) is 5.31. The highest BCUT2D eigenvalue weighted by molar-refractivity contribution is 5.89. The van der Waals surface area contributed by atoms with Gasteiger partial charge >= 0.3 is 0 Å². The van der Waals surface area contributed by atoms with Crippen molar-refractivity contribution in [3.05, 3.63) is 11.8 Å². The van der Waals surface area contributed by atoms with E-state index >= 15 is 0 Å². The highest BCUT2D eigenvalue weighted by Crippen LogP contribution is 2.28. The van der Waals surface area contributed by atoms with E-state index in [9.17, 15) is 0 Å². The van der Waals surface area contributed by atoms with Crippen LogP contribution in [0.15, 0.2) is 6.07 Å². The van der Waals surface area contributed by atoms with Crippen LogP contribution < -0.4 is 9.80 Å². The number of aromatic amines is 1. The van der Waals surface area contributed by atoms with E-state index in [4.69, 9.17) is 4.98 Å². The van der Waals surface area contributed by atoms with Gasteiger partial charge in [0.1, 0.15) is 11.5 Å². The molecule has 0 spiro atoms. The molecule has 3 heterocycles. The lowest BCUT2D eigenvalue weighted by molar-refractivity contribution is 0.726. The zero-order valence-electron chi connectivity index (χ0n) is 12.6. The van der Waals surface area contributed by atoms with E-state index in [0.29, 0.717) is 0 Å². The van der Waals surface area contributed by atoms with Crippen molar-refractivity contribution in [2.45, 2.75) is 32.6 Å². The van der Waals surface area contributed by atoms with E-state index in [2.05, 4.69) is 27.9 Å². The maximum Gasteiger partial charge on any atom is 0.228 e. The number of fused-ring (bicyclic) bond motifs is 1. The zero-order valence-corrected chi connectivity index (χ0v) is 12.6. The van der Waals surface area contributed by atoms with Crippen molar-refractivity contribution < 1.29 is 0 Å². The first-order valence-corrected chi connectivity index (χ1v) is 7.45. The van der Waals surface area contributed by atoms with E-state index in [1.54, 1.807) is 0 Å². The standard InChI is InChI=1S/C15H23N5/c1-11-10-12-13(16-11)17-15(19(2)3)18-14(12)20-8-6-4-5-7-9-20/h10H,4-9H2,1-3H3,(H,16,17,18). The number of nitrogens with zero attached hydrogens (tertiary/aromatic N) is 4. The molecule has 0 aromatic carbocycles. The summed E-state index contributed by atoms with van der Waals surface area (Å²) in [5.74, 6) is 1.86. The Morgan fingerprint density at radius 1 is 1.10 bits per heavy atom. The fraction of sp³-hybridized carbons (Fsp3) is 0.600. The molecule has 108 valence electrons. The highest BCUT2D eigenvalue weighted by Gasteiger charge is 2.18. The molecule has 1 saturated heterocycles. The van der Waals surface area contributed by atoms with E-state index in [0.717, 1.165) is 41.6 Å². The molecule has 0 saturated carbocycles. The van der Waals surface area contributed by atoms with Crippen molar-refractivity contribution in [1.82, 2.24) is 15.0 Å². The van der Waals surface area contributed by atoms with Crippen LogP contribution >= 0.6 is 0 Å². The lowest BCUT2D eigenvalue weighted by Gasteiger charge is -2.23. The lowest BCUT2D eigenvalue weighted by Crippen LogP contribution is -2.26. The predicted octanol–water partition coefficient (Wildman–Crippen LogP) is 2.71. The van der Waals surface area contributed by atoms with Gasteiger partial charge in [-0.3, -0.25) is 0 Å². The molecule has 0 atom stereocenters. The van der Waals surface area contributed by atoms with Gasteiger partial charge in [0.25, 0.3) is 0 Å². The third kappa shape index (κ3) is 2.44. The lowest BCUT2D eigenvalue weighted by atomic mass is 10.2. The fourth-order valence-corrected chi connectivity index (χ4v) is 2.84. The number of H-pyrrole nitrogens is 1. The molecule has 2 aromatic rings. The molecular formula is C15H23N5. The summed E-state index contributed by atoms with van der Waals surface area (Å²) in [5, 5.41) is 1.15. The van der Waals surface area contributed by atoms with Gasteiger partial charge in [0.2, 0.25) is 5.95 Å². The van der Waals surface area contributed by atoms with Crippen molar-refractivity contribution in [1.29, 1.82) is 0 Å². The van der Waals surface area contributed by atoms with Gasteiger partial charge in [-0.1, -0.05) is 12.8 Å². The van der Waals surface area contributed by atoms with E-state index in [-0.39, 0.29) is 0 Å². The number of hydrogen-bond acceptors (Lipinski definition) is 4. The molecule has 5 heteroatoms. The summed E-state index contributed by atoms with van der Waals surface area (Å²) in [4.78, 5) is 17.1. The van der Waals surface area contributed by atoms with Gasteiger partial charge in [-0.25, -0.2) is 0 Å². The second-order valence-corrected chi connectivity index (χ2v) is 5.86. The first-order chi connectivity index (χ1) is 9.65. The molecule has 0 amide bonds. The molecule has 0 bridgehead atoms. The molecule has 0 aliphatic carbocycles. The third-order valence-corrected chi connectivity index (χ3v) is 3.90. The van der Waals surface area contributed by atoms with Crippen LogP contribution in [0, 0.1) is 6.92 Å². The van der Waals surface area contributed by atoms with E-state index in [1.165, 1.54) is 25.7 Å². The summed E-state index contributed by atoms with van der Waals surface area (Å²) in [7, 11) is 3.98.